The number of carbonyl (C=O) groups excluding carboxylic acids is 1. The number of rotatable bonds is 6. The zero-order valence-corrected chi connectivity index (χ0v) is 15.8. The third kappa shape index (κ3) is 3.71. The number of nitrogens with one attached hydrogen (secondary N) is 1. The summed E-state index contributed by atoms with van der Waals surface area (Å²) in [6.45, 7) is 1.89. The zero-order chi connectivity index (χ0) is 18.7. The van der Waals surface area contributed by atoms with Crippen LogP contribution in [0.3, 0.4) is 0 Å². The number of nitrogens with zero attached hydrogens (tertiary/aromatic N) is 3. The fourth-order valence-electron chi connectivity index (χ4n) is 2.12. The predicted octanol–water partition coefficient (Wildman–Crippen LogP) is 3.25. The maximum absolute atomic E-state index is 12.8. The highest BCUT2D eigenvalue weighted by atomic mass is 35.5. The molecule has 0 unspecified atom stereocenters. The van der Waals surface area contributed by atoms with E-state index in [0.29, 0.717) is 10.7 Å². The summed E-state index contributed by atoms with van der Waals surface area (Å²) in [5, 5.41) is 10.4. The van der Waals surface area contributed by atoms with E-state index in [1.807, 2.05) is 0 Å². The molecule has 2 aromatic heterocycles. The van der Waals surface area contributed by atoms with Crippen molar-refractivity contribution in [3.8, 4) is 0 Å². The maximum atomic E-state index is 12.8. The van der Waals surface area contributed by atoms with E-state index in [1.165, 1.54) is 16.6 Å². The Morgan fingerprint density at radius 1 is 1.27 bits per heavy atom. The molecule has 0 spiro atoms. The minimum atomic E-state index is -3.93. The summed E-state index contributed by atoms with van der Waals surface area (Å²) in [6, 6.07) is 9.45. The molecule has 8 nitrogen and oxygen atoms in total. The molecule has 0 fully saturated rings. The lowest BCUT2D eigenvalue weighted by Crippen LogP contribution is -2.30. The first-order chi connectivity index (χ1) is 12.4. The summed E-state index contributed by atoms with van der Waals surface area (Å²) >= 11 is 6.60. The van der Waals surface area contributed by atoms with Gasteiger partial charge in [0.25, 0.3) is 20.3 Å². The first-order valence-electron chi connectivity index (χ1n) is 7.38. The second kappa shape index (κ2) is 7.44. The average Bonchev–Trinajstić information content (AvgIpc) is 3.29. The van der Waals surface area contributed by atoms with Crippen LogP contribution in [0.1, 0.15) is 17.5 Å². The van der Waals surface area contributed by atoms with Crippen LogP contribution in [-0.4, -0.2) is 31.1 Å². The first kappa shape index (κ1) is 18.4. The van der Waals surface area contributed by atoms with Crippen molar-refractivity contribution in [1.82, 2.24) is 10.2 Å². The number of sulfonamides is 1. The Balaban J connectivity index is 1.84. The smallest absolute Gasteiger partial charge is 0.293 e. The van der Waals surface area contributed by atoms with Gasteiger partial charge in [0.2, 0.25) is 5.13 Å². The molecule has 3 aromatic rings. The Morgan fingerprint density at radius 2 is 2.00 bits per heavy atom. The van der Waals surface area contributed by atoms with Crippen LogP contribution in [0.5, 0.6) is 0 Å². The van der Waals surface area contributed by atoms with Crippen molar-refractivity contribution >= 4 is 49.7 Å². The molecular formula is C15H13ClN4O4S2. The standard InChI is InChI=1S/C15H13ClN4O4S2/c1-2-20(11-7-5-10(16)6-8-11)26(22,23)15-19-18-14(25-15)17-13(21)12-4-3-9-24-12/h3-9H,2H2,1H3,(H,17,18,21). The van der Waals surface area contributed by atoms with Crippen LogP contribution in [0.15, 0.2) is 51.4 Å². The van der Waals surface area contributed by atoms with Gasteiger partial charge in [-0.25, -0.2) is 0 Å². The molecule has 0 aliphatic heterocycles. The van der Waals surface area contributed by atoms with Crippen LogP contribution in [0, 0.1) is 0 Å². The summed E-state index contributed by atoms with van der Waals surface area (Å²) in [4.78, 5) is 11.9. The third-order valence-electron chi connectivity index (χ3n) is 3.28. The second-order valence-electron chi connectivity index (χ2n) is 4.95. The van der Waals surface area contributed by atoms with Gasteiger partial charge in [-0.3, -0.25) is 14.4 Å². The van der Waals surface area contributed by atoms with E-state index >= 15 is 0 Å². The van der Waals surface area contributed by atoms with Crippen LogP contribution in [0.2, 0.25) is 5.02 Å². The molecule has 0 aliphatic rings. The van der Waals surface area contributed by atoms with Gasteiger partial charge < -0.3 is 4.42 Å². The number of hydrogen-bond acceptors (Lipinski definition) is 7. The molecule has 0 saturated heterocycles. The predicted molar refractivity (Wildman–Crippen MR) is 98.2 cm³/mol. The number of halogens is 1. The van der Waals surface area contributed by atoms with Gasteiger partial charge in [-0.1, -0.05) is 22.9 Å². The van der Waals surface area contributed by atoms with Crippen LogP contribution in [-0.2, 0) is 10.0 Å². The normalized spacial score (nSPS) is 11.3. The number of benzene rings is 1. The van der Waals surface area contributed by atoms with Gasteiger partial charge >= 0.3 is 0 Å². The average molecular weight is 413 g/mol. The Hall–Kier alpha value is -2.43. The quantitative estimate of drug-likeness (QED) is 0.623. The molecule has 26 heavy (non-hydrogen) atoms. The van der Waals surface area contributed by atoms with E-state index in [0.717, 1.165) is 11.3 Å². The lowest BCUT2D eigenvalue weighted by molar-refractivity contribution is 0.0996. The number of carbonyl (C=O) groups is 1. The fraction of sp³-hybridized carbons (Fsp3) is 0.133. The van der Waals surface area contributed by atoms with Crippen molar-refractivity contribution in [2.45, 2.75) is 11.3 Å². The topological polar surface area (TPSA) is 105 Å². The highest BCUT2D eigenvalue weighted by Crippen LogP contribution is 2.28. The second-order valence-corrected chi connectivity index (χ2v) is 8.40. The van der Waals surface area contributed by atoms with Gasteiger partial charge in [-0.15, -0.1) is 10.2 Å². The van der Waals surface area contributed by atoms with Gasteiger partial charge in [0.15, 0.2) is 5.76 Å². The largest absolute Gasteiger partial charge is 0.459 e. The molecule has 0 bridgehead atoms. The zero-order valence-electron chi connectivity index (χ0n) is 13.4. The van der Waals surface area contributed by atoms with E-state index in [2.05, 4.69) is 15.5 Å². The minimum Gasteiger partial charge on any atom is -0.459 e. The SMILES string of the molecule is CCN(c1ccc(Cl)cc1)S(=O)(=O)c1nnc(NC(=O)c2ccco2)s1. The van der Waals surface area contributed by atoms with Crippen molar-refractivity contribution in [3.63, 3.8) is 0 Å². The highest BCUT2D eigenvalue weighted by Gasteiger charge is 2.28. The highest BCUT2D eigenvalue weighted by molar-refractivity contribution is 7.94. The van der Waals surface area contributed by atoms with Gasteiger partial charge in [0, 0.05) is 11.6 Å². The molecule has 0 atom stereocenters. The summed E-state index contributed by atoms with van der Waals surface area (Å²) in [7, 11) is -3.93. The van der Waals surface area contributed by atoms with E-state index < -0.39 is 15.9 Å². The van der Waals surface area contributed by atoms with Gasteiger partial charge in [-0.05, 0) is 43.3 Å². The summed E-state index contributed by atoms with van der Waals surface area (Å²) in [6.07, 6.45) is 1.36. The molecule has 2 heterocycles. The van der Waals surface area contributed by atoms with Crippen molar-refractivity contribution in [2.75, 3.05) is 16.2 Å². The van der Waals surface area contributed by atoms with E-state index in [1.54, 1.807) is 37.3 Å². The number of hydrogen-bond donors (Lipinski definition) is 1. The Morgan fingerprint density at radius 3 is 2.62 bits per heavy atom. The first-order valence-corrected chi connectivity index (χ1v) is 10.0. The summed E-state index contributed by atoms with van der Waals surface area (Å²) < 4.78 is 31.6. The number of anilines is 2. The van der Waals surface area contributed by atoms with Gasteiger partial charge in [0.05, 0.1) is 12.0 Å². The number of aromatic nitrogens is 2. The minimum absolute atomic E-state index is 0.0529. The molecule has 11 heteroatoms. The number of furan rings is 1. The lowest BCUT2D eigenvalue weighted by Gasteiger charge is -2.21. The van der Waals surface area contributed by atoms with Gasteiger partial charge in [0.1, 0.15) is 0 Å². The lowest BCUT2D eigenvalue weighted by atomic mass is 10.3. The Kier molecular flexibility index (Phi) is 5.25. The molecule has 0 saturated carbocycles. The van der Waals surface area contributed by atoms with Crippen molar-refractivity contribution in [1.29, 1.82) is 0 Å². The fourth-order valence-corrected chi connectivity index (χ4v) is 4.72. The van der Waals surface area contributed by atoms with Gasteiger partial charge in [-0.2, -0.15) is 8.42 Å². The summed E-state index contributed by atoms with van der Waals surface area (Å²) in [5.74, 6) is -0.457. The van der Waals surface area contributed by atoms with Crippen molar-refractivity contribution in [2.24, 2.45) is 0 Å². The number of amides is 1. The molecular weight excluding hydrogens is 400 g/mol. The van der Waals surface area contributed by atoms with E-state index in [9.17, 15) is 13.2 Å². The van der Waals surface area contributed by atoms with Crippen molar-refractivity contribution < 1.29 is 17.6 Å². The van der Waals surface area contributed by atoms with E-state index in [-0.39, 0.29) is 21.8 Å². The Bertz CT molecular complexity index is 1000. The monoisotopic (exact) mass is 412 g/mol. The van der Waals surface area contributed by atoms with Crippen LogP contribution in [0.4, 0.5) is 10.8 Å². The molecule has 1 amide bonds. The maximum Gasteiger partial charge on any atom is 0.293 e. The Labute approximate surface area is 158 Å². The van der Waals surface area contributed by atoms with Crippen LogP contribution < -0.4 is 9.62 Å². The van der Waals surface area contributed by atoms with Crippen molar-refractivity contribution in [3.05, 3.63) is 53.4 Å². The molecule has 136 valence electrons. The van der Waals surface area contributed by atoms with Crippen LogP contribution >= 0.6 is 22.9 Å². The van der Waals surface area contributed by atoms with Crippen LogP contribution in [0.25, 0.3) is 0 Å². The molecule has 0 aliphatic carbocycles. The summed E-state index contributed by atoms with van der Waals surface area (Å²) in [5.41, 5.74) is 0.452. The third-order valence-corrected chi connectivity index (χ3v) is 6.62. The van der Waals surface area contributed by atoms with E-state index in [4.69, 9.17) is 16.0 Å². The molecule has 1 aromatic carbocycles. The molecule has 0 radical (unpaired) electrons. The molecule has 1 N–H and O–H groups in total. The molecule has 3 rings (SSSR count).